The van der Waals surface area contributed by atoms with Gasteiger partial charge in [-0.2, -0.15) is 0 Å². The Morgan fingerprint density at radius 1 is 1.07 bits per heavy atom. The van der Waals surface area contributed by atoms with E-state index in [1.807, 2.05) is 0 Å². The Morgan fingerprint density at radius 2 is 1.67 bits per heavy atom. The largest absolute Gasteiger partial charge is 0.369 e. The normalized spacial score (nSPS) is 17.9. The van der Waals surface area contributed by atoms with Gasteiger partial charge in [-0.1, -0.05) is 0 Å². The summed E-state index contributed by atoms with van der Waals surface area (Å²) in [5.74, 6) is 0. The molecule has 0 amide bonds. The third-order valence-corrected chi connectivity index (χ3v) is 3.47. The standard InChI is InChI=1S/C11H16IN3/c1-14-6-8-15(9-7-14)11-4-2-10(13-12)3-5-11/h2-5,13H,6-9H2,1H3. The molecule has 4 heteroatoms. The molecule has 0 spiro atoms. The van der Waals surface area contributed by atoms with E-state index >= 15 is 0 Å². The number of benzene rings is 1. The summed E-state index contributed by atoms with van der Waals surface area (Å²) in [4.78, 5) is 4.81. The van der Waals surface area contributed by atoms with Gasteiger partial charge in [-0.3, -0.25) is 0 Å². The maximum Gasteiger partial charge on any atom is 0.0560 e. The van der Waals surface area contributed by atoms with Crippen molar-refractivity contribution in [3.63, 3.8) is 0 Å². The highest BCUT2D eigenvalue weighted by atomic mass is 127. The molecule has 15 heavy (non-hydrogen) atoms. The Morgan fingerprint density at radius 3 is 2.20 bits per heavy atom. The van der Waals surface area contributed by atoms with Crippen molar-refractivity contribution in [2.24, 2.45) is 0 Å². The molecule has 0 radical (unpaired) electrons. The van der Waals surface area contributed by atoms with Gasteiger partial charge in [0, 0.05) is 37.6 Å². The minimum atomic E-state index is 1.13. The van der Waals surface area contributed by atoms with E-state index in [0.29, 0.717) is 0 Å². The van der Waals surface area contributed by atoms with E-state index in [0.717, 1.165) is 31.9 Å². The SMILES string of the molecule is CN1CCN(c2ccc(NI)cc2)CC1. The summed E-state index contributed by atoms with van der Waals surface area (Å²) in [5.41, 5.74) is 2.49. The number of rotatable bonds is 2. The summed E-state index contributed by atoms with van der Waals surface area (Å²) in [6.07, 6.45) is 0. The van der Waals surface area contributed by atoms with Crippen LogP contribution in [0, 0.1) is 0 Å². The molecule has 82 valence electrons. The number of nitrogens with one attached hydrogen (secondary N) is 1. The van der Waals surface area contributed by atoms with Crippen LogP contribution in [0.15, 0.2) is 24.3 Å². The minimum absolute atomic E-state index is 1.13. The number of hydrogen-bond donors (Lipinski definition) is 1. The highest BCUT2D eigenvalue weighted by Gasteiger charge is 2.13. The maximum atomic E-state index is 3.11. The molecule has 0 unspecified atom stereocenters. The molecule has 0 aliphatic carbocycles. The van der Waals surface area contributed by atoms with E-state index in [-0.39, 0.29) is 0 Å². The number of halogens is 1. The number of likely N-dealkylation sites (N-methyl/N-ethyl adjacent to an activating group) is 1. The van der Waals surface area contributed by atoms with Crippen LogP contribution >= 0.6 is 22.9 Å². The quantitative estimate of drug-likeness (QED) is 0.666. The van der Waals surface area contributed by atoms with Crippen molar-refractivity contribution in [1.82, 2.24) is 4.90 Å². The first-order valence-corrected chi connectivity index (χ1v) is 6.27. The van der Waals surface area contributed by atoms with Gasteiger partial charge in [0.2, 0.25) is 0 Å². The highest BCUT2D eigenvalue weighted by Crippen LogP contribution is 2.19. The van der Waals surface area contributed by atoms with Gasteiger partial charge in [-0.25, -0.2) is 0 Å². The van der Waals surface area contributed by atoms with Crippen LogP contribution in [-0.2, 0) is 0 Å². The first-order valence-electron chi connectivity index (χ1n) is 5.20. The molecule has 1 aliphatic rings. The topological polar surface area (TPSA) is 18.5 Å². The molecule has 1 aliphatic heterocycles. The smallest absolute Gasteiger partial charge is 0.0560 e. The van der Waals surface area contributed by atoms with Gasteiger partial charge in [0.25, 0.3) is 0 Å². The van der Waals surface area contributed by atoms with Crippen LogP contribution in [0.4, 0.5) is 11.4 Å². The third-order valence-electron chi connectivity index (χ3n) is 2.84. The highest BCUT2D eigenvalue weighted by molar-refractivity contribution is 14.1. The van der Waals surface area contributed by atoms with Crippen molar-refractivity contribution < 1.29 is 0 Å². The predicted molar refractivity (Wildman–Crippen MR) is 73.8 cm³/mol. The Labute approximate surface area is 105 Å². The van der Waals surface area contributed by atoms with Crippen LogP contribution in [-0.4, -0.2) is 38.1 Å². The number of hydrogen-bond acceptors (Lipinski definition) is 3. The minimum Gasteiger partial charge on any atom is -0.369 e. The van der Waals surface area contributed by atoms with Gasteiger partial charge in [0.15, 0.2) is 0 Å². The number of piperazine rings is 1. The summed E-state index contributed by atoms with van der Waals surface area (Å²) >= 11 is 2.15. The average molecular weight is 317 g/mol. The molecule has 0 bridgehead atoms. The molecule has 1 N–H and O–H groups in total. The lowest BCUT2D eigenvalue weighted by Crippen LogP contribution is -2.44. The molecular formula is C11H16IN3. The van der Waals surface area contributed by atoms with Crippen LogP contribution in [0.25, 0.3) is 0 Å². The average Bonchev–Trinajstić information content (AvgIpc) is 2.30. The monoisotopic (exact) mass is 317 g/mol. The molecule has 1 aromatic rings. The molecule has 0 aromatic heterocycles. The molecule has 1 heterocycles. The van der Waals surface area contributed by atoms with Crippen molar-refractivity contribution in [3.05, 3.63) is 24.3 Å². The fourth-order valence-electron chi connectivity index (χ4n) is 1.80. The Hall–Kier alpha value is -0.490. The van der Waals surface area contributed by atoms with Crippen LogP contribution < -0.4 is 8.43 Å². The Kier molecular flexibility index (Phi) is 3.69. The van der Waals surface area contributed by atoms with Crippen molar-refractivity contribution in [1.29, 1.82) is 0 Å². The van der Waals surface area contributed by atoms with Crippen LogP contribution in [0.2, 0.25) is 0 Å². The number of nitrogens with zero attached hydrogens (tertiary/aromatic N) is 2. The molecule has 0 atom stereocenters. The molecule has 0 saturated carbocycles. The second kappa shape index (κ2) is 5.03. The zero-order valence-corrected chi connectivity index (χ0v) is 11.1. The zero-order valence-electron chi connectivity index (χ0n) is 8.91. The maximum absolute atomic E-state index is 3.11. The van der Waals surface area contributed by atoms with E-state index < -0.39 is 0 Å². The Bertz CT molecular complexity index is 304. The number of anilines is 2. The first-order chi connectivity index (χ1) is 7.29. The fourth-order valence-corrected chi connectivity index (χ4v) is 2.16. The van der Waals surface area contributed by atoms with Gasteiger partial charge in [-0.15, -0.1) is 0 Å². The van der Waals surface area contributed by atoms with Crippen LogP contribution in [0.1, 0.15) is 0 Å². The Balaban J connectivity index is 2.03. The fraction of sp³-hybridized carbons (Fsp3) is 0.455. The van der Waals surface area contributed by atoms with Crippen molar-refractivity contribution in [2.75, 3.05) is 41.7 Å². The van der Waals surface area contributed by atoms with Gasteiger partial charge in [0.05, 0.1) is 22.9 Å². The summed E-state index contributed by atoms with van der Waals surface area (Å²) in [6.45, 7) is 4.58. The van der Waals surface area contributed by atoms with Gasteiger partial charge in [-0.05, 0) is 31.3 Å². The van der Waals surface area contributed by atoms with Crippen molar-refractivity contribution in [3.8, 4) is 0 Å². The molecule has 1 fully saturated rings. The van der Waals surface area contributed by atoms with Gasteiger partial charge >= 0.3 is 0 Å². The molecule has 1 aromatic carbocycles. The summed E-state index contributed by atoms with van der Waals surface area (Å²) in [7, 11) is 2.18. The van der Waals surface area contributed by atoms with E-state index in [4.69, 9.17) is 0 Å². The second-order valence-electron chi connectivity index (χ2n) is 3.93. The molecule has 2 rings (SSSR count). The molecule has 1 saturated heterocycles. The van der Waals surface area contributed by atoms with Crippen LogP contribution in [0.5, 0.6) is 0 Å². The van der Waals surface area contributed by atoms with Crippen molar-refractivity contribution in [2.45, 2.75) is 0 Å². The van der Waals surface area contributed by atoms with E-state index in [1.54, 1.807) is 0 Å². The molecular weight excluding hydrogens is 301 g/mol. The lowest BCUT2D eigenvalue weighted by Gasteiger charge is -2.34. The van der Waals surface area contributed by atoms with E-state index in [9.17, 15) is 0 Å². The lowest BCUT2D eigenvalue weighted by molar-refractivity contribution is 0.313. The predicted octanol–water partition coefficient (Wildman–Crippen LogP) is 2.20. The van der Waals surface area contributed by atoms with Crippen LogP contribution in [0.3, 0.4) is 0 Å². The summed E-state index contributed by atoms with van der Waals surface area (Å²) < 4.78 is 3.11. The second-order valence-corrected chi connectivity index (χ2v) is 4.47. The first kappa shape index (κ1) is 11.0. The van der Waals surface area contributed by atoms with Gasteiger partial charge in [0.1, 0.15) is 0 Å². The van der Waals surface area contributed by atoms with Gasteiger partial charge < -0.3 is 13.3 Å². The summed E-state index contributed by atoms with van der Waals surface area (Å²) in [5, 5.41) is 0. The lowest BCUT2D eigenvalue weighted by atomic mass is 10.2. The zero-order chi connectivity index (χ0) is 10.7. The van der Waals surface area contributed by atoms with E-state index in [1.165, 1.54) is 5.69 Å². The third kappa shape index (κ3) is 2.75. The molecule has 3 nitrogen and oxygen atoms in total. The van der Waals surface area contributed by atoms with E-state index in [2.05, 4.69) is 67.5 Å². The summed E-state index contributed by atoms with van der Waals surface area (Å²) in [6, 6.07) is 8.62. The van der Waals surface area contributed by atoms with Crippen molar-refractivity contribution >= 4 is 34.2 Å².